The van der Waals surface area contributed by atoms with Crippen molar-refractivity contribution in [2.45, 2.75) is 32.4 Å². The number of imidazole rings is 1. The average molecular weight is 386 g/mol. The van der Waals surface area contributed by atoms with Gasteiger partial charge in [0.15, 0.2) is 0 Å². The standard InChI is InChI=1S/C20H26N4O4/c1-12(2)16(19(25)28-4)23-20(26)24-9-8-15-17(22-11-21-15)18(24)13-6-5-7-14(10-13)27-3/h5-7,10-12,16,18H,8-9H2,1-4H3,(H,21,22)(H,23,26)/t16-,18-/m1/s1. The van der Waals surface area contributed by atoms with E-state index in [0.717, 1.165) is 17.0 Å². The number of nitrogens with zero attached hydrogens (tertiary/aromatic N) is 2. The maximum atomic E-state index is 13.1. The summed E-state index contributed by atoms with van der Waals surface area (Å²) in [7, 11) is 2.92. The van der Waals surface area contributed by atoms with E-state index < -0.39 is 12.0 Å². The van der Waals surface area contributed by atoms with Crippen LogP contribution in [0, 0.1) is 5.92 Å². The highest BCUT2D eigenvalue weighted by Crippen LogP contribution is 2.34. The minimum atomic E-state index is -0.718. The quantitative estimate of drug-likeness (QED) is 0.769. The van der Waals surface area contributed by atoms with Crippen molar-refractivity contribution in [2.24, 2.45) is 5.92 Å². The van der Waals surface area contributed by atoms with Crippen LogP contribution in [0.5, 0.6) is 5.75 Å². The Balaban J connectivity index is 1.94. The third-order valence-electron chi connectivity index (χ3n) is 5.00. The molecule has 150 valence electrons. The van der Waals surface area contributed by atoms with E-state index in [2.05, 4.69) is 15.3 Å². The van der Waals surface area contributed by atoms with Gasteiger partial charge in [-0.2, -0.15) is 0 Å². The molecule has 0 saturated heterocycles. The maximum Gasteiger partial charge on any atom is 0.328 e. The van der Waals surface area contributed by atoms with E-state index in [1.807, 2.05) is 38.1 Å². The molecule has 0 unspecified atom stereocenters. The van der Waals surface area contributed by atoms with Gasteiger partial charge in [-0.1, -0.05) is 26.0 Å². The number of urea groups is 1. The molecule has 0 aliphatic carbocycles. The molecule has 2 aromatic rings. The Kier molecular flexibility index (Phi) is 5.87. The third kappa shape index (κ3) is 3.81. The van der Waals surface area contributed by atoms with Crippen LogP contribution in [-0.4, -0.2) is 53.7 Å². The summed E-state index contributed by atoms with van der Waals surface area (Å²) in [5.74, 6) is 0.145. The first-order valence-electron chi connectivity index (χ1n) is 9.27. The van der Waals surface area contributed by atoms with Crippen LogP contribution in [0.1, 0.15) is 36.8 Å². The van der Waals surface area contributed by atoms with Gasteiger partial charge in [-0.05, 0) is 23.6 Å². The van der Waals surface area contributed by atoms with E-state index in [1.54, 1.807) is 18.3 Å². The summed E-state index contributed by atoms with van der Waals surface area (Å²) in [5, 5.41) is 2.83. The van der Waals surface area contributed by atoms with Crippen molar-refractivity contribution in [1.29, 1.82) is 0 Å². The van der Waals surface area contributed by atoms with Gasteiger partial charge in [-0.25, -0.2) is 14.6 Å². The molecule has 0 spiro atoms. The predicted molar refractivity (Wildman–Crippen MR) is 103 cm³/mol. The Hall–Kier alpha value is -3.03. The number of methoxy groups -OCH3 is 2. The zero-order chi connectivity index (χ0) is 20.3. The van der Waals surface area contributed by atoms with Gasteiger partial charge < -0.3 is 24.7 Å². The summed E-state index contributed by atoms with van der Waals surface area (Å²) in [6.07, 6.45) is 2.30. The average Bonchev–Trinajstić information content (AvgIpc) is 3.19. The fourth-order valence-electron chi connectivity index (χ4n) is 3.49. The Morgan fingerprint density at radius 1 is 1.32 bits per heavy atom. The van der Waals surface area contributed by atoms with E-state index >= 15 is 0 Å². The highest BCUT2D eigenvalue weighted by atomic mass is 16.5. The smallest absolute Gasteiger partial charge is 0.328 e. The number of fused-ring (bicyclic) bond motifs is 1. The number of rotatable bonds is 5. The maximum absolute atomic E-state index is 13.1. The molecule has 0 fully saturated rings. The molecule has 3 rings (SSSR count). The van der Waals surface area contributed by atoms with Gasteiger partial charge in [0.1, 0.15) is 17.8 Å². The normalized spacial score (nSPS) is 17.0. The molecule has 0 bridgehead atoms. The second-order valence-electron chi connectivity index (χ2n) is 7.08. The third-order valence-corrected chi connectivity index (χ3v) is 5.00. The zero-order valence-corrected chi connectivity index (χ0v) is 16.6. The molecule has 0 saturated carbocycles. The van der Waals surface area contributed by atoms with Gasteiger partial charge in [0.05, 0.1) is 26.2 Å². The lowest BCUT2D eigenvalue weighted by molar-refractivity contribution is -0.144. The molecular formula is C20H26N4O4. The van der Waals surface area contributed by atoms with Crippen molar-refractivity contribution in [1.82, 2.24) is 20.2 Å². The van der Waals surface area contributed by atoms with E-state index in [4.69, 9.17) is 9.47 Å². The Morgan fingerprint density at radius 3 is 2.79 bits per heavy atom. The molecule has 1 aromatic heterocycles. The Morgan fingerprint density at radius 2 is 2.11 bits per heavy atom. The van der Waals surface area contributed by atoms with Crippen LogP contribution in [-0.2, 0) is 16.0 Å². The van der Waals surface area contributed by atoms with Gasteiger partial charge in [0.25, 0.3) is 0 Å². The van der Waals surface area contributed by atoms with Crippen LogP contribution in [0.15, 0.2) is 30.6 Å². The summed E-state index contributed by atoms with van der Waals surface area (Å²) in [6, 6.07) is 6.15. The molecule has 0 radical (unpaired) electrons. The summed E-state index contributed by atoms with van der Waals surface area (Å²) >= 11 is 0. The van der Waals surface area contributed by atoms with Gasteiger partial charge in [-0.3, -0.25) is 0 Å². The molecule has 8 heteroatoms. The Labute approximate surface area is 164 Å². The van der Waals surface area contributed by atoms with Gasteiger partial charge in [0.2, 0.25) is 0 Å². The van der Waals surface area contributed by atoms with E-state index in [-0.39, 0.29) is 18.0 Å². The lowest BCUT2D eigenvalue weighted by Crippen LogP contribution is -2.53. The van der Waals surface area contributed by atoms with Crippen LogP contribution in [0.3, 0.4) is 0 Å². The molecule has 28 heavy (non-hydrogen) atoms. The number of hydrogen-bond acceptors (Lipinski definition) is 5. The molecule has 2 heterocycles. The zero-order valence-electron chi connectivity index (χ0n) is 16.6. The second-order valence-corrected chi connectivity index (χ2v) is 7.08. The SMILES string of the molecule is COC(=O)[C@H](NC(=O)N1CCc2[nH]cnc2[C@H]1c1cccc(OC)c1)C(C)C. The minimum absolute atomic E-state index is 0.0996. The summed E-state index contributed by atoms with van der Waals surface area (Å²) < 4.78 is 10.2. The number of ether oxygens (including phenoxy) is 2. The van der Waals surface area contributed by atoms with Crippen LogP contribution < -0.4 is 10.1 Å². The lowest BCUT2D eigenvalue weighted by atomic mass is 9.95. The topological polar surface area (TPSA) is 96.6 Å². The van der Waals surface area contributed by atoms with Crippen molar-refractivity contribution in [3.63, 3.8) is 0 Å². The molecule has 1 aliphatic heterocycles. The molecular weight excluding hydrogens is 360 g/mol. The number of carbonyl (C=O) groups excluding carboxylic acids is 2. The second kappa shape index (κ2) is 8.33. The summed E-state index contributed by atoms with van der Waals surface area (Å²) in [5.41, 5.74) is 2.70. The number of H-pyrrole nitrogens is 1. The van der Waals surface area contributed by atoms with Crippen molar-refractivity contribution in [3.05, 3.63) is 47.5 Å². The number of hydrogen-bond donors (Lipinski definition) is 2. The molecule has 2 atom stereocenters. The van der Waals surface area contributed by atoms with E-state index in [0.29, 0.717) is 18.7 Å². The molecule has 8 nitrogen and oxygen atoms in total. The van der Waals surface area contributed by atoms with Gasteiger partial charge in [-0.15, -0.1) is 0 Å². The van der Waals surface area contributed by atoms with Crippen LogP contribution in [0.4, 0.5) is 4.79 Å². The molecule has 1 aromatic carbocycles. The highest BCUT2D eigenvalue weighted by Gasteiger charge is 2.36. The first-order chi connectivity index (χ1) is 13.5. The number of esters is 1. The van der Waals surface area contributed by atoms with Crippen LogP contribution >= 0.6 is 0 Å². The van der Waals surface area contributed by atoms with Crippen LogP contribution in [0.25, 0.3) is 0 Å². The van der Waals surface area contributed by atoms with Gasteiger partial charge in [0, 0.05) is 18.7 Å². The molecule has 1 aliphatic rings. The summed E-state index contributed by atoms with van der Waals surface area (Å²) in [4.78, 5) is 34.5. The lowest BCUT2D eigenvalue weighted by Gasteiger charge is -2.36. The Bertz CT molecular complexity index is 848. The minimum Gasteiger partial charge on any atom is -0.497 e. The molecule has 2 N–H and O–H groups in total. The fraction of sp³-hybridized carbons (Fsp3) is 0.450. The largest absolute Gasteiger partial charge is 0.497 e. The van der Waals surface area contributed by atoms with Crippen molar-refractivity contribution < 1.29 is 19.1 Å². The first kappa shape index (κ1) is 19.7. The van der Waals surface area contributed by atoms with E-state index in [1.165, 1.54) is 7.11 Å². The highest BCUT2D eigenvalue weighted by molar-refractivity contribution is 5.84. The summed E-state index contributed by atoms with van der Waals surface area (Å²) in [6.45, 7) is 4.22. The number of aromatic amines is 1. The number of benzene rings is 1. The molecule has 2 amide bonds. The van der Waals surface area contributed by atoms with Crippen LogP contribution in [0.2, 0.25) is 0 Å². The number of nitrogens with one attached hydrogen (secondary N) is 2. The number of aromatic nitrogens is 2. The fourth-order valence-corrected chi connectivity index (χ4v) is 3.49. The predicted octanol–water partition coefficient (Wildman–Crippen LogP) is 2.27. The first-order valence-corrected chi connectivity index (χ1v) is 9.27. The van der Waals surface area contributed by atoms with Crippen molar-refractivity contribution >= 4 is 12.0 Å². The van der Waals surface area contributed by atoms with E-state index in [9.17, 15) is 9.59 Å². The van der Waals surface area contributed by atoms with Crippen molar-refractivity contribution in [2.75, 3.05) is 20.8 Å². The number of amides is 2. The van der Waals surface area contributed by atoms with Gasteiger partial charge >= 0.3 is 12.0 Å². The van der Waals surface area contributed by atoms with Crippen molar-refractivity contribution in [3.8, 4) is 5.75 Å². The monoisotopic (exact) mass is 386 g/mol. The number of carbonyl (C=O) groups is 2.